The summed E-state index contributed by atoms with van der Waals surface area (Å²) < 4.78 is 10.6. The van der Waals surface area contributed by atoms with Crippen LogP contribution in [0, 0.1) is 0 Å². The maximum atomic E-state index is 11.4. The molecule has 4 nitrogen and oxygen atoms in total. The summed E-state index contributed by atoms with van der Waals surface area (Å²) in [5, 5.41) is 0. The summed E-state index contributed by atoms with van der Waals surface area (Å²) >= 11 is 0. The van der Waals surface area contributed by atoms with Gasteiger partial charge in [0.25, 0.3) is 0 Å². The molecule has 0 radical (unpaired) electrons. The largest absolute Gasteiger partial charge is 0.454 e. The summed E-state index contributed by atoms with van der Waals surface area (Å²) in [5.74, 6) is -0.330. The van der Waals surface area contributed by atoms with E-state index in [9.17, 15) is 9.59 Å². The van der Waals surface area contributed by atoms with Crippen molar-refractivity contribution >= 4 is 11.9 Å². The molecule has 0 aromatic heterocycles. The second kappa shape index (κ2) is 9.54. The number of benzene rings is 2. The Morgan fingerprint density at radius 3 is 1.46 bits per heavy atom. The molecule has 2 aliphatic heterocycles. The third-order valence-corrected chi connectivity index (χ3v) is 5.19. The SMILES string of the molecule is CCCCC1OC(=O)c2ccccc21.CCCCC1OC(=O)c2ccccc21. The van der Waals surface area contributed by atoms with E-state index in [1.54, 1.807) is 0 Å². The number of hydrogen-bond donors (Lipinski definition) is 0. The standard InChI is InChI=1S/2C12H14O2/c2*1-2-3-8-11-9-6-4-5-7-10(9)12(13)14-11/h2*4-7,11H,2-3,8H2,1H3. The van der Waals surface area contributed by atoms with E-state index in [1.165, 1.54) is 0 Å². The molecule has 0 aliphatic carbocycles. The van der Waals surface area contributed by atoms with Gasteiger partial charge in [0, 0.05) is 11.1 Å². The second-order valence-electron chi connectivity index (χ2n) is 7.25. The number of fused-ring (bicyclic) bond motifs is 2. The third-order valence-electron chi connectivity index (χ3n) is 5.19. The minimum Gasteiger partial charge on any atom is -0.454 e. The van der Waals surface area contributed by atoms with Crippen molar-refractivity contribution < 1.29 is 19.1 Å². The number of cyclic esters (lactones) is 2. The highest BCUT2D eigenvalue weighted by Gasteiger charge is 2.30. The van der Waals surface area contributed by atoms with Crippen LogP contribution in [-0.4, -0.2) is 11.9 Å². The van der Waals surface area contributed by atoms with Gasteiger partial charge in [-0.15, -0.1) is 0 Å². The van der Waals surface area contributed by atoms with E-state index >= 15 is 0 Å². The van der Waals surface area contributed by atoms with Crippen LogP contribution in [0.3, 0.4) is 0 Å². The second-order valence-corrected chi connectivity index (χ2v) is 7.25. The Hall–Kier alpha value is -2.62. The fourth-order valence-electron chi connectivity index (χ4n) is 3.65. The number of unbranched alkanes of at least 4 members (excludes halogenated alkanes) is 2. The van der Waals surface area contributed by atoms with Crippen molar-refractivity contribution in [1.82, 2.24) is 0 Å². The van der Waals surface area contributed by atoms with Gasteiger partial charge in [0.1, 0.15) is 12.2 Å². The Balaban J connectivity index is 0.000000161. The van der Waals surface area contributed by atoms with Crippen LogP contribution in [0.15, 0.2) is 48.5 Å². The Kier molecular flexibility index (Phi) is 6.85. The fourth-order valence-corrected chi connectivity index (χ4v) is 3.65. The van der Waals surface area contributed by atoms with Gasteiger partial charge in [0.2, 0.25) is 0 Å². The predicted molar refractivity (Wildman–Crippen MR) is 108 cm³/mol. The molecule has 4 rings (SSSR count). The zero-order valence-corrected chi connectivity index (χ0v) is 16.6. The van der Waals surface area contributed by atoms with E-state index in [0.29, 0.717) is 0 Å². The van der Waals surface area contributed by atoms with Crippen LogP contribution in [0.5, 0.6) is 0 Å². The first-order valence-corrected chi connectivity index (χ1v) is 10.3. The first kappa shape index (κ1) is 20.1. The Labute approximate surface area is 166 Å². The molecule has 148 valence electrons. The smallest absolute Gasteiger partial charge is 0.339 e. The van der Waals surface area contributed by atoms with Gasteiger partial charge < -0.3 is 9.47 Å². The van der Waals surface area contributed by atoms with Crippen molar-refractivity contribution in [1.29, 1.82) is 0 Å². The molecule has 2 aromatic rings. The number of rotatable bonds is 6. The molecule has 2 atom stereocenters. The van der Waals surface area contributed by atoms with E-state index in [4.69, 9.17) is 9.47 Å². The molecule has 0 saturated carbocycles. The molecule has 4 heteroatoms. The number of hydrogen-bond acceptors (Lipinski definition) is 4. The zero-order chi connectivity index (χ0) is 19.9. The van der Waals surface area contributed by atoms with Gasteiger partial charge in [0.15, 0.2) is 0 Å². The van der Waals surface area contributed by atoms with Crippen LogP contribution in [0.4, 0.5) is 0 Å². The molecule has 2 aromatic carbocycles. The Morgan fingerprint density at radius 1 is 0.679 bits per heavy atom. The van der Waals surface area contributed by atoms with Crippen molar-refractivity contribution in [2.24, 2.45) is 0 Å². The monoisotopic (exact) mass is 380 g/mol. The van der Waals surface area contributed by atoms with Crippen molar-refractivity contribution in [2.45, 2.75) is 64.6 Å². The molecule has 0 N–H and O–H groups in total. The molecule has 0 fully saturated rings. The average molecular weight is 380 g/mol. The first-order valence-electron chi connectivity index (χ1n) is 10.3. The molecule has 2 heterocycles. The number of carbonyl (C=O) groups is 2. The maximum Gasteiger partial charge on any atom is 0.339 e. The van der Waals surface area contributed by atoms with Gasteiger partial charge in [-0.05, 0) is 37.8 Å². The van der Waals surface area contributed by atoms with Crippen molar-refractivity contribution in [3.8, 4) is 0 Å². The normalized spacial score (nSPS) is 19.2. The summed E-state index contributed by atoms with van der Waals surface area (Å²) in [4.78, 5) is 22.8. The van der Waals surface area contributed by atoms with E-state index in [1.807, 2.05) is 48.5 Å². The molecular weight excluding hydrogens is 352 g/mol. The number of carbonyl (C=O) groups excluding carboxylic acids is 2. The quantitative estimate of drug-likeness (QED) is 0.562. The highest BCUT2D eigenvalue weighted by molar-refractivity contribution is 5.94. The predicted octanol–water partition coefficient (Wildman–Crippen LogP) is 6.18. The molecule has 2 unspecified atom stereocenters. The molecule has 0 spiro atoms. The van der Waals surface area contributed by atoms with Gasteiger partial charge in [-0.2, -0.15) is 0 Å². The molecule has 2 aliphatic rings. The summed E-state index contributed by atoms with van der Waals surface area (Å²) in [7, 11) is 0. The van der Waals surface area contributed by atoms with Crippen molar-refractivity contribution in [3.05, 3.63) is 70.8 Å². The lowest BCUT2D eigenvalue weighted by atomic mass is 10.0. The van der Waals surface area contributed by atoms with E-state index in [2.05, 4.69) is 13.8 Å². The highest BCUT2D eigenvalue weighted by Crippen LogP contribution is 2.34. The van der Waals surface area contributed by atoms with E-state index in [0.717, 1.165) is 60.8 Å². The summed E-state index contributed by atoms with van der Waals surface area (Å²) in [6, 6.07) is 15.3. The van der Waals surface area contributed by atoms with E-state index < -0.39 is 0 Å². The van der Waals surface area contributed by atoms with Gasteiger partial charge in [-0.1, -0.05) is 63.1 Å². The lowest BCUT2D eigenvalue weighted by molar-refractivity contribution is 0.0355. The van der Waals surface area contributed by atoms with Crippen molar-refractivity contribution in [3.63, 3.8) is 0 Å². The minimum atomic E-state index is -0.165. The van der Waals surface area contributed by atoms with Gasteiger partial charge in [0.05, 0.1) is 11.1 Å². The topological polar surface area (TPSA) is 52.6 Å². The van der Waals surface area contributed by atoms with Crippen LogP contribution >= 0.6 is 0 Å². The van der Waals surface area contributed by atoms with Gasteiger partial charge in [-0.3, -0.25) is 0 Å². The third kappa shape index (κ3) is 4.44. The van der Waals surface area contributed by atoms with E-state index in [-0.39, 0.29) is 24.1 Å². The van der Waals surface area contributed by atoms with Gasteiger partial charge in [-0.25, -0.2) is 9.59 Å². The molecular formula is C24H28O4. The minimum absolute atomic E-state index is 0.00125. The number of ether oxygens (including phenoxy) is 2. The fraction of sp³-hybridized carbons (Fsp3) is 0.417. The van der Waals surface area contributed by atoms with Crippen LogP contribution in [0.25, 0.3) is 0 Å². The van der Waals surface area contributed by atoms with Crippen LogP contribution in [0.2, 0.25) is 0 Å². The summed E-state index contributed by atoms with van der Waals surface area (Å²) in [6.45, 7) is 4.28. The molecule has 28 heavy (non-hydrogen) atoms. The lowest BCUT2D eigenvalue weighted by Crippen LogP contribution is -1.98. The average Bonchev–Trinajstić information content (AvgIpc) is 3.23. The summed E-state index contributed by atoms with van der Waals surface area (Å²) in [5.41, 5.74) is 3.61. The van der Waals surface area contributed by atoms with Crippen molar-refractivity contribution in [2.75, 3.05) is 0 Å². The van der Waals surface area contributed by atoms with Crippen LogP contribution < -0.4 is 0 Å². The molecule has 0 bridgehead atoms. The highest BCUT2D eigenvalue weighted by atomic mass is 16.6. The summed E-state index contributed by atoms with van der Waals surface area (Å²) in [6.07, 6.45) is 6.36. The zero-order valence-electron chi connectivity index (χ0n) is 16.6. The Bertz CT molecular complexity index is 757. The lowest BCUT2D eigenvalue weighted by Gasteiger charge is -2.08. The van der Waals surface area contributed by atoms with Crippen LogP contribution in [0.1, 0.15) is 96.4 Å². The molecule has 0 amide bonds. The van der Waals surface area contributed by atoms with Crippen LogP contribution in [-0.2, 0) is 9.47 Å². The Morgan fingerprint density at radius 2 is 1.07 bits per heavy atom. The van der Waals surface area contributed by atoms with Gasteiger partial charge >= 0.3 is 11.9 Å². The first-order chi connectivity index (χ1) is 13.7. The number of esters is 2. The molecule has 0 saturated heterocycles. The maximum absolute atomic E-state index is 11.4.